The number of hydrogen-bond donors (Lipinski definition) is 1. The Bertz CT molecular complexity index is 1420. The average molecular weight is 810 g/mol. The maximum atomic E-state index is 12.7. The summed E-state index contributed by atoms with van der Waals surface area (Å²) in [6.07, 6.45) is 19.8. The molecule has 0 aliphatic heterocycles. The predicted octanol–water partition coefficient (Wildman–Crippen LogP) is 10.9. The molecule has 0 saturated carbocycles. The number of phosphoric acid groups is 1. The van der Waals surface area contributed by atoms with Crippen molar-refractivity contribution in [1.29, 1.82) is 0 Å². The van der Waals surface area contributed by atoms with E-state index in [4.69, 9.17) is 27.4 Å². The summed E-state index contributed by atoms with van der Waals surface area (Å²) < 4.78 is 45.8. The third-order valence-electron chi connectivity index (χ3n) is 10.2. The highest BCUT2D eigenvalue weighted by atomic mass is 31.2. The molecule has 1 unspecified atom stereocenters. The molecule has 1 N–H and O–H groups in total. The van der Waals surface area contributed by atoms with Crippen LogP contribution in [0.3, 0.4) is 0 Å². The quantitative estimate of drug-likeness (QED) is 0.0411. The average Bonchev–Trinajstić information content (AvgIpc) is 3.64. The number of nitrogens with zero attached hydrogens (tertiary/aromatic N) is 1. The molecule has 0 radical (unpaired) electrons. The zero-order valence-electron chi connectivity index (χ0n) is 36.1. The molecule has 0 fully saturated rings. The van der Waals surface area contributed by atoms with Crippen LogP contribution in [-0.4, -0.2) is 68.3 Å². The Morgan fingerprint density at radius 3 is 1.84 bits per heavy atom. The molecule has 12 heteroatoms. The number of hydrogen-bond acceptors (Lipinski definition) is 10. The van der Waals surface area contributed by atoms with Crippen LogP contribution in [0.2, 0.25) is 0 Å². The third kappa shape index (κ3) is 21.9. The smallest absolute Gasteiger partial charge is 0.466 e. The molecule has 0 amide bonds. The van der Waals surface area contributed by atoms with Gasteiger partial charge >= 0.3 is 19.8 Å². The summed E-state index contributed by atoms with van der Waals surface area (Å²) >= 11 is 0. The standard InChI is InChI=1S/C44H76NO10P/c1-8-10-19-25-38-32-35(3)40(53-38)26-20-15-11-14-18-23-29-44(47)54-39(34-52-56(48,49)51-31-30-45(6)7)33-50-43(46)28-22-17-13-12-16-21-27-42-37(5)36(4)41(55-42)24-9-2/h32,39H,8-31,33-34H2,1-7H3,(H,48,49)/t39-/m1/s1. The highest BCUT2D eigenvalue weighted by Crippen LogP contribution is 2.43. The van der Waals surface area contributed by atoms with Gasteiger partial charge in [0.05, 0.1) is 13.2 Å². The molecule has 2 aromatic rings. The molecule has 0 aromatic carbocycles. The lowest BCUT2D eigenvalue weighted by Crippen LogP contribution is -2.29. The van der Waals surface area contributed by atoms with E-state index in [0.717, 1.165) is 119 Å². The van der Waals surface area contributed by atoms with Gasteiger partial charge in [0.25, 0.3) is 0 Å². The molecule has 0 aliphatic rings. The number of unbranched alkanes of at least 4 members (excludes halogenated alkanes) is 12. The fraction of sp³-hybridized carbons (Fsp3) is 0.773. The minimum absolute atomic E-state index is 0.00794. The number of ether oxygens (including phenoxy) is 2. The summed E-state index contributed by atoms with van der Waals surface area (Å²) in [4.78, 5) is 37.2. The van der Waals surface area contributed by atoms with Crippen LogP contribution in [0.15, 0.2) is 14.9 Å². The van der Waals surface area contributed by atoms with Gasteiger partial charge in [-0.25, -0.2) is 4.57 Å². The van der Waals surface area contributed by atoms with E-state index in [2.05, 4.69) is 40.7 Å². The molecule has 11 nitrogen and oxygen atoms in total. The van der Waals surface area contributed by atoms with Crippen molar-refractivity contribution in [2.75, 3.05) is 40.5 Å². The largest absolute Gasteiger partial charge is 0.472 e. The zero-order chi connectivity index (χ0) is 41.2. The first-order valence-corrected chi connectivity index (χ1v) is 23.1. The molecule has 0 spiro atoms. The zero-order valence-corrected chi connectivity index (χ0v) is 36.9. The first-order chi connectivity index (χ1) is 26.8. The van der Waals surface area contributed by atoms with Crippen molar-refractivity contribution in [1.82, 2.24) is 4.90 Å². The predicted molar refractivity (Wildman–Crippen MR) is 222 cm³/mol. The molecule has 2 rings (SSSR count). The normalized spacial score (nSPS) is 13.3. The monoisotopic (exact) mass is 810 g/mol. The van der Waals surface area contributed by atoms with E-state index in [1.165, 1.54) is 36.0 Å². The summed E-state index contributed by atoms with van der Waals surface area (Å²) in [6, 6.07) is 2.19. The van der Waals surface area contributed by atoms with Crippen molar-refractivity contribution in [2.24, 2.45) is 0 Å². The Morgan fingerprint density at radius 1 is 0.679 bits per heavy atom. The number of carbonyl (C=O) groups excluding carboxylic acids is 2. The van der Waals surface area contributed by atoms with Gasteiger partial charge in [-0.3, -0.25) is 18.6 Å². The van der Waals surface area contributed by atoms with E-state index in [1.54, 1.807) is 0 Å². The van der Waals surface area contributed by atoms with Gasteiger partial charge in [-0.2, -0.15) is 0 Å². The van der Waals surface area contributed by atoms with Crippen LogP contribution in [-0.2, 0) is 58.4 Å². The Morgan fingerprint density at radius 2 is 1.23 bits per heavy atom. The van der Waals surface area contributed by atoms with Crippen LogP contribution in [0.4, 0.5) is 0 Å². The summed E-state index contributed by atoms with van der Waals surface area (Å²) in [5, 5.41) is 0. The lowest BCUT2D eigenvalue weighted by molar-refractivity contribution is -0.161. The van der Waals surface area contributed by atoms with E-state index in [0.29, 0.717) is 19.4 Å². The minimum Gasteiger partial charge on any atom is -0.466 e. The Hall–Kier alpha value is -2.43. The second-order valence-electron chi connectivity index (χ2n) is 15.7. The topological polar surface area (TPSA) is 138 Å². The van der Waals surface area contributed by atoms with Crippen molar-refractivity contribution in [2.45, 2.75) is 182 Å². The third-order valence-corrected chi connectivity index (χ3v) is 11.2. The summed E-state index contributed by atoms with van der Waals surface area (Å²) in [6.45, 7) is 10.5. The molecular formula is C44H76NO10P. The lowest BCUT2D eigenvalue weighted by atomic mass is 10.0. The van der Waals surface area contributed by atoms with Crippen molar-refractivity contribution < 1.29 is 46.4 Å². The molecule has 2 heterocycles. The highest BCUT2D eigenvalue weighted by molar-refractivity contribution is 7.47. The van der Waals surface area contributed by atoms with Gasteiger partial charge in [0.2, 0.25) is 0 Å². The van der Waals surface area contributed by atoms with E-state index < -0.39 is 32.5 Å². The van der Waals surface area contributed by atoms with Crippen molar-refractivity contribution in [3.8, 4) is 0 Å². The summed E-state index contributed by atoms with van der Waals surface area (Å²) in [5.74, 6) is 3.59. The molecule has 322 valence electrons. The van der Waals surface area contributed by atoms with Crippen LogP contribution in [0.1, 0.15) is 169 Å². The van der Waals surface area contributed by atoms with Gasteiger partial charge in [0.15, 0.2) is 6.10 Å². The van der Waals surface area contributed by atoms with E-state index >= 15 is 0 Å². The second kappa shape index (κ2) is 28.9. The minimum atomic E-state index is -4.39. The summed E-state index contributed by atoms with van der Waals surface area (Å²) in [5.41, 5.74) is 3.83. The Kier molecular flexibility index (Phi) is 25.6. The molecule has 0 bridgehead atoms. The van der Waals surface area contributed by atoms with E-state index in [1.807, 2.05) is 19.0 Å². The van der Waals surface area contributed by atoms with Crippen LogP contribution >= 0.6 is 7.82 Å². The fourth-order valence-electron chi connectivity index (χ4n) is 6.63. The number of furan rings is 2. The first-order valence-electron chi connectivity index (χ1n) is 21.6. The van der Waals surface area contributed by atoms with Crippen molar-refractivity contribution in [3.63, 3.8) is 0 Å². The first kappa shape index (κ1) is 49.7. The maximum absolute atomic E-state index is 12.7. The number of likely N-dealkylation sites (N-methyl/N-ethyl adjacent to an activating group) is 1. The maximum Gasteiger partial charge on any atom is 0.472 e. The number of phosphoric ester groups is 1. The van der Waals surface area contributed by atoms with Crippen LogP contribution in [0.25, 0.3) is 0 Å². The van der Waals surface area contributed by atoms with Crippen molar-refractivity contribution >= 4 is 19.8 Å². The number of esters is 2. The number of aryl methyl sites for hydroxylation is 5. The fourth-order valence-corrected chi connectivity index (χ4v) is 7.37. The van der Waals surface area contributed by atoms with Crippen molar-refractivity contribution in [3.05, 3.63) is 45.8 Å². The second-order valence-corrected chi connectivity index (χ2v) is 17.1. The van der Waals surface area contributed by atoms with E-state index in [9.17, 15) is 19.0 Å². The SMILES string of the molecule is CCCCCc1cc(C)c(CCCCCCCCC(=O)O[C@H](COC(=O)CCCCCCCCc2oc(CCC)c(C)c2C)COP(=O)(O)OCCN(C)C)o1. The van der Waals surface area contributed by atoms with Gasteiger partial charge in [0.1, 0.15) is 29.6 Å². The Labute approximate surface area is 338 Å². The molecule has 2 atom stereocenters. The molecule has 0 aliphatic carbocycles. The van der Waals surface area contributed by atoms with Gasteiger partial charge in [-0.05, 0) is 96.1 Å². The molecule has 0 saturated heterocycles. The highest BCUT2D eigenvalue weighted by Gasteiger charge is 2.26. The molecule has 2 aromatic heterocycles. The number of carbonyl (C=O) groups is 2. The molecule has 56 heavy (non-hydrogen) atoms. The van der Waals surface area contributed by atoms with Crippen LogP contribution in [0, 0.1) is 20.8 Å². The van der Waals surface area contributed by atoms with E-state index in [-0.39, 0.29) is 26.1 Å². The lowest BCUT2D eigenvalue weighted by Gasteiger charge is -2.20. The molecular weight excluding hydrogens is 733 g/mol. The van der Waals surface area contributed by atoms with Crippen LogP contribution in [0.5, 0.6) is 0 Å². The number of rotatable bonds is 34. The van der Waals surface area contributed by atoms with Gasteiger partial charge in [-0.1, -0.05) is 78.1 Å². The van der Waals surface area contributed by atoms with Gasteiger partial charge in [-0.15, -0.1) is 0 Å². The summed E-state index contributed by atoms with van der Waals surface area (Å²) in [7, 11) is -0.754. The van der Waals surface area contributed by atoms with Gasteiger partial charge in [0, 0.05) is 45.1 Å². The Balaban J connectivity index is 1.67. The van der Waals surface area contributed by atoms with Crippen LogP contribution < -0.4 is 0 Å². The van der Waals surface area contributed by atoms with Gasteiger partial charge < -0.3 is 28.1 Å².